The summed E-state index contributed by atoms with van der Waals surface area (Å²) in [4.78, 5) is 12.6. The molecule has 4 rings (SSSR count). The highest BCUT2D eigenvalue weighted by atomic mass is 32.1. The largest absolute Gasteiger partial charge is 0.487 e. The smallest absolute Gasteiger partial charge is 0.255 e. The van der Waals surface area contributed by atoms with Crippen molar-refractivity contribution in [1.29, 1.82) is 0 Å². The summed E-state index contributed by atoms with van der Waals surface area (Å²) in [5.41, 5.74) is 3.95. The maximum Gasteiger partial charge on any atom is 0.255 e. The van der Waals surface area contributed by atoms with Crippen LogP contribution in [0.15, 0.2) is 67.0 Å². The fourth-order valence-electron chi connectivity index (χ4n) is 2.75. The Kier molecular flexibility index (Phi) is 5.62. The number of hydrogen-bond acceptors (Lipinski definition) is 6. The van der Waals surface area contributed by atoms with Crippen LogP contribution in [-0.4, -0.2) is 24.4 Å². The normalized spacial score (nSPS) is 10.7. The van der Waals surface area contributed by atoms with Gasteiger partial charge in [-0.05, 0) is 30.7 Å². The predicted molar refractivity (Wildman–Crippen MR) is 111 cm³/mol. The van der Waals surface area contributed by atoms with E-state index in [2.05, 4.69) is 19.2 Å². The standard InChI is InChI=1S/C21H19N5O2S/c1-15-20(25-29-24-15)14-28-19-9-5-8-17(10-19)21(27)23-18-11-22-26(13-18)12-16-6-3-2-4-7-16/h2-11,13H,12,14H2,1H3,(H,23,27). The van der Waals surface area contributed by atoms with Crippen molar-refractivity contribution in [2.45, 2.75) is 20.1 Å². The third kappa shape index (κ3) is 4.85. The highest BCUT2D eigenvalue weighted by Gasteiger charge is 2.10. The molecule has 0 spiro atoms. The van der Waals surface area contributed by atoms with Gasteiger partial charge in [-0.3, -0.25) is 9.48 Å². The first-order chi connectivity index (χ1) is 14.2. The predicted octanol–water partition coefficient (Wildman–Crippen LogP) is 3.92. The van der Waals surface area contributed by atoms with Gasteiger partial charge in [-0.2, -0.15) is 13.8 Å². The molecule has 4 aromatic rings. The number of nitrogens with zero attached hydrogens (tertiary/aromatic N) is 4. The van der Waals surface area contributed by atoms with E-state index in [9.17, 15) is 4.79 Å². The molecule has 2 heterocycles. The molecule has 0 unspecified atom stereocenters. The summed E-state index contributed by atoms with van der Waals surface area (Å²) in [6.45, 7) is 2.86. The summed E-state index contributed by atoms with van der Waals surface area (Å²) in [6.07, 6.45) is 3.45. The van der Waals surface area contributed by atoms with Gasteiger partial charge in [-0.1, -0.05) is 36.4 Å². The zero-order valence-corrected chi connectivity index (χ0v) is 16.6. The maximum absolute atomic E-state index is 12.6. The average molecular weight is 405 g/mol. The van der Waals surface area contributed by atoms with E-state index in [1.807, 2.05) is 49.5 Å². The molecule has 0 aliphatic carbocycles. The number of hydrogen-bond donors (Lipinski definition) is 1. The minimum atomic E-state index is -0.221. The van der Waals surface area contributed by atoms with Crippen molar-refractivity contribution < 1.29 is 9.53 Å². The fourth-order valence-corrected chi connectivity index (χ4v) is 3.30. The third-order valence-electron chi connectivity index (χ3n) is 4.30. The van der Waals surface area contributed by atoms with Crippen LogP contribution in [0.5, 0.6) is 5.75 Å². The highest BCUT2D eigenvalue weighted by molar-refractivity contribution is 6.99. The molecule has 0 bridgehead atoms. The quantitative estimate of drug-likeness (QED) is 0.504. The molecule has 0 aliphatic rings. The first-order valence-corrected chi connectivity index (χ1v) is 9.79. The molecular formula is C21H19N5O2S. The Morgan fingerprint density at radius 1 is 1.14 bits per heavy atom. The van der Waals surface area contributed by atoms with E-state index in [1.165, 1.54) is 0 Å². The van der Waals surface area contributed by atoms with Crippen LogP contribution in [0, 0.1) is 6.92 Å². The molecule has 1 N–H and O–H groups in total. The van der Waals surface area contributed by atoms with Gasteiger partial charge in [0.25, 0.3) is 5.91 Å². The second-order valence-electron chi connectivity index (χ2n) is 6.48. The molecule has 1 amide bonds. The van der Waals surface area contributed by atoms with E-state index in [-0.39, 0.29) is 5.91 Å². The van der Waals surface area contributed by atoms with Gasteiger partial charge >= 0.3 is 0 Å². The average Bonchev–Trinajstić information content (AvgIpc) is 3.36. The third-order valence-corrected chi connectivity index (χ3v) is 4.95. The van der Waals surface area contributed by atoms with Crippen LogP contribution in [0.3, 0.4) is 0 Å². The second kappa shape index (κ2) is 8.66. The monoisotopic (exact) mass is 405 g/mol. The number of carbonyl (C=O) groups excluding carboxylic acids is 1. The van der Waals surface area contributed by atoms with E-state index in [0.717, 1.165) is 28.7 Å². The summed E-state index contributed by atoms with van der Waals surface area (Å²) in [7, 11) is 0. The van der Waals surface area contributed by atoms with Crippen molar-refractivity contribution in [2.75, 3.05) is 5.32 Å². The number of benzene rings is 2. The van der Waals surface area contributed by atoms with Crippen molar-refractivity contribution in [3.8, 4) is 5.75 Å². The summed E-state index contributed by atoms with van der Waals surface area (Å²) < 4.78 is 15.9. The Hall–Kier alpha value is -3.52. The van der Waals surface area contributed by atoms with Gasteiger partial charge in [-0.15, -0.1) is 0 Å². The van der Waals surface area contributed by atoms with Gasteiger partial charge in [0.1, 0.15) is 18.1 Å². The molecule has 0 saturated heterocycles. The summed E-state index contributed by atoms with van der Waals surface area (Å²) in [6, 6.07) is 17.1. The lowest BCUT2D eigenvalue weighted by Crippen LogP contribution is -2.11. The Bertz CT molecular complexity index is 1110. The number of anilines is 1. The number of rotatable bonds is 7. The molecule has 0 radical (unpaired) electrons. The molecular weight excluding hydrogens is 386 g/mol. The van der Waals surface area contributed by atoms with Crippen LogP contribution in [0.4, 0.5) is 5.69 Å². The van der Waals surface area contributed by atoms with E-state index in [4.69, 9.17) is 4.74 Å². The molecule has 2 aromatic carbocycles. The summed E-state index contributed by atoms with van der Waals surface area (Å²) in [5.74, 6) is 0.381. The van der Waals surface area contributed by atoms with E-state index in [1.54, 1.807) is 29.1 Å². The minimum absolute atomic E-state index is 0.221. The van der Waals surface area contributed by atoms with Gasteiger partial charge < -0.3 is 10.1 Å². The van der Waals surface area contributed by atoms with Crippen LogP contribution >= 0.6 is 11.7 Å². The van der Waals surface area contributed by atoms with Crippen LogP contribution < -0.4 is 10.1 Å². The Morgan fingerprint density at radius 3 is 2.79 bits per heavy atom. The van der Waals surface area contributed by atoms with Crippen molar-refractivity contribution in [2.24, 2.45) is 0 Å². The van der Waals surface area contributed by atoms with Crippen LogP contribution in [0.2, 0.25) is 0 Å². The lowest BCUT2D eigenvalue weighted by atomic mass is 10.2. The van der Waals surface area contributed by atoms with Gasteiger partial charge in [0.05, 0.1) is 35.9 Å². The van der Waals surface area contributed by atoms with Crippen LogP contribution in [0.1, 0.15) is 27.3 Å². The van der Waals surface area contributed by atoms with Gasteiger partial charge in [-0.25, -0.2) is 0 Å². The molecule has 29 heavy (non-hydrogen) atoms. The molecule has 0 saturated carbocycles. The van der Waals surface area contributed by atoms with Gasteiger partial charge in [0.15, 0.2) is 0 Å². The Balaban J connectivity index is 1.38. The van der Waals surface area contributed by atoms with E-state index < -0.39 is 0 Å². The molecule has 7 nitrogen and oxygen atoms in total. The van der Waals surface area contributed by atoms with Crippen LogP contribution in [0.25, 0.3) is 0 Å². The molecule has 146 valence electrons. The number of amides is 1. The summed E-state index contributed by atoms with van der Waals surface area (Å²) in [5, 5.41) is 7.18. The maximum atomic E-state index is 12.6. The molecule has 0 fully saturated rings. The number of nitrogens with one attached hydrogen (secondary N) is 1. The lowest BCUT2D eigenvalue weighted by Gasteiger charge is -2.07. The van der Waals surface area contributed by atoms with Crippen molar-refractivity contribution in [1.82, 2.24) is 18.5 Å². The zero-order chi connectivity index (χ0) is 20.1. The zero-order valence-electron chi connectivity index (χ0n) is 15.8. The van der Waals surface area contributed by atoms with E-state index in [0.29, 0.717) is 30.2 Å². The summed E-state index contributed by atoms with van der Waals surface area (Å²) >= 11 is 1.16. The second-order valence-corrected chi connectivity index (χ2v) is 7.01. The molecule has 0 aliphatic heterocycles. The van der Waals surface area contributed by atoms with Gasteiger partial charge in [0, 0.05) is 11.8 Å². The first-order valence-electron chi connectivity index (χ1n) is 9.06. The lowest BCUT2D eigenvalue weighted by molar-refractivity contribution is 0.102. The van der Waals surface area contributed by atoms with E-state index >= 15 is 0 Å². The fraction of sp³-hybridized carbons (Fsp3) is 0.143. The number of carbonyl (C=O) groups is 1. The Morgan fingerprint density at radius 2 is 2.00 bits per heavy atom. The Labute approximate surface area is 172 Å². The first kappa shape index (κ1) is 18.8. The number of ether oxygens (including phenoxy) is 1. The topological polar surface area (TPSA) is 81.9 Å². The number of aromatic nitrogens is 4. The highest BCUT2D eigenvalue weighted by Crippen LogP contribution is 2.17. The number of aryl methyl sites for hydroxylation is 1. The molecule has 2 aromatic heterocycles. The SMILES string of the molecule is Cc1nsnc1COc1cccc(C(=O)Nc2cnn(Cc3ccccc3)c2)c1. The molecule has 8 heteroatoms. The van der Waals surface area contributed by atoms with Crippen molar-refractivity contribution in [3.05, 3.63) is 89.5 Å². The minimum Gasteiger partial charge on any atom is -0.487 e. The van der Waals surface area contributed by atoms with Gasteiger partial charge in [0.2, 0.25) is 0 Å². The molecule has 0 atom stereocenters. The van der Waals surface area contributed by atoms with Crippen molar-refractivity contribution in [3.63, 3.8) is 0 Å². The van der Waals surface area contributed by atoms with Crippen molar-refractivity contribution >= 4 is 23.3 Å². The van der Waals surface area contributed by atoms with Crippen LogP contribution in [-0.2, 0) is 13.2 Å².